The van der Waals surface area contributed by atoms with Crippen LogP contribution >= 0.6 is 12.2 Å². The molecule has 0 aliphatic carbocycles. The van der Waals surface area contributed by atoms with Crippen LogP contribution in [0.25, 0.3) is 0 Å². The Kier molecular flexibility index (Phi) is 6.87. The number of hydrogen-bond acceptors (Lipinski definition) is 4. The van der Waals surface area contributed by atoms with Crippen molar-refractivity contribution in [1.29, 1.82) is 0 Å². The molecule has 0 bridgehead atoms. The van der Waals surface area contributed by atoms with E-state index in [9.17, 15) is 9.59 Å². The molecular weight excluding hydrogens is 278 g/mol. The smallest absolute Gasteiger partial charge is 0.233 e. The molecular formula is C13H23N3O3S. The van der Waals surface area contributed by atoms with E-state index in [1.807, 2.05) is 6.92 Å². The average Bonchev–Trinajstić information content (AvgIpc) is 2.45. The number of hydrogen-bond donors (Lipinski definition) is 3. The zero-order valence-corrected chi connectivity index (χ0v) is 12.7. The van der Waals surface area contributed by atoms with Gasteiger partial charge in [0.15, 0.2) is 0 Å². The van der Waals surface area contributed by atoms with E-state index in [0.717, 1.165) is 6.42 Å². The zero-order valence-electron chi connectivity index (χ0n) is 11.9. The van der Waals surface area contributed by atoms with Gasteiger partial charge in [0.2, 0.25) is 11.8 Å². The van der Waals surface area contributed by atoms with Crippen LogP contribution in [0.3, 0.4) is 0 Å². The van der Waals surface area contributed by atoms with Gasteiger partial charge in [-0.3, -0.25) is 9.59 Å². The van der Waals surface area contributed by atoms with Crippen LogP contribution in [0.15, 0.2) is 0 Å². The Morgan fingerprint density at radius 1 is 1.25 bits per heavy atom. The van der Waals surface area contributed by atoms with E-state index < -0.39 is 5.41 Å². The molecule has 1 aliphatic heterocycles. The number of carbonyl (C=O) groups excluding carboxylic acids is 2. The lowest BCUT2D eigenvalue weighted by molar-refractivity contribution is -0.131. The molecule has 1 fully saturated rings. The molecule has 0 aromatic carbocycles. The Hall–Kier alpha value is -1.21. The highest BCUT2D eigenvalue weighted by Gasteiger charge is 2.42. The first-order valence-electron chi connectivity index (χ1n) is 6.95. The first-order valence-corrected chi connectivity index (χ1v) is 7.36. The maximum absolute atomic E-state index is 12.3. The zero-order chi connectivity index (χ0) is 15.0. The van der Waals surface area contributed by atoms with Gasteiger partial charge in [0.25, 0.3) is 0 Å². The second kappa shape index (κ2) is 8.16. The number of ether oxygens (including phenoxy) is 1. The van der Waals surface area contributed by atoms with E-state index in [0.29, 0.717) is 39.1 Å². The molecule has 6 nitrogen and oxygen atoms in total. The number of nitrogens with one attached hydrogen (secondary N) is 2. The standard InChI is InChI=1S/C13H23N3O3S/c1-2-6-15-10(17)3-7-16-12(18)13(11(14)20)4-8-19-9-5-13/h2-9H2,1H3,(H2,14,20)(H,15,17)(H,16,18). The molecule has 0 unspecified atom stereocenters. The van der Waals surface area contributed by atoms with Crippen molar-refractivity contribution < 1.29 is 14.3 Å². The minimum absolute atomic E-state index is 0.0662. The van der Waals surface area contributed by atoms with Crippen molar-refractivity contribution in [2.75, 3.05) is 26.3 Å². The fourth-order valence-corrected chi connectivity index (χ4v) is 2.41. The van der Waals surface area contributed by atoms with E-state index >= 15 is 0 Å². The third kappa shape index (κ3) is 4.42. The van der Waals surface area contributed by atoms with Crippen LogP contribution < -0.4 is 16.4 Å². The number of nitrogens with two attached hydrogens (primary N) is 1. The second-order valence-corrected chi connectivity index (χ2v) is 5.35. The van der Waals surface area contributed by atoms with Gasteiger partial charge in [0.05, 0.1) is 4.99 Å². The Bertz CT molecular complexity index is 368. The van der Waals surface area contributed by atoms with Gasteiger partial charge in [0.1, 0.15) is 5.41 Å². The Morgan fingerprint density at radius 3 is 2.45 bits per heavy atom. The van der Waals surface area contributed by atoms with Crippen LogP contribution in [0.5, 0.6) is 0 Å². The summed E-state index contributed by atoms with van der Waals surface area (Å²) in [5, 5.41) is 5.52. The predicted octanol–water partition coefficient (Wildman–Crippen LogP) is 0.102. The van der Waals surface area contributed by atoms with Crippen molar-refractivity contribution >= 4 is 29.0 Å². The highest BCUT2D eigenvalue weighted by atomic mass is 32.1. The van der Waals surface area contributed by atoms with Gasteiger partial charge in [-0.1, -0.05) is 19.1 Å². The molecule has 4 N–H and O–H groups in total. The van der Waals surface area contributed by atoms with E-state index in [4.69, 9.17) is 22.7 Å². The fourth-order valence-electron chi connectivity index (χ4n) is 2.12. The molecule has 0 aromatic heterocycles. The van der Waals surface area contributed by atoms with Crippen LogP contribution in [0, 0.1) is 5.41 Å². The molecule has 0 atom stereocenters. The van der Waals surface area contributed by atoms with Gasteiger partial charge in [-0.05, 0) is 19.3 Å². The highest BCUT2D eigenvalue weighted by Crippen LogP contribution is 2.31. The second-order valence-electron chi connectivity index (χ2n) is 4.91. The summed E-state index contributed by atoms with van der Waals surface area (Å²) >= 11 is 5.05. The summed E-state index contributed by atoms with van der Waals surface area (Å²) in [7, 11) is 0. The number of amides is 2. The van der Waals surface area contributed by atoms with Gasteiger partial charge < -0.3 is 21.1 Å². The number of carbonyl (C=O) groups is 2. The van der Waals surface area contributed by atoms with E-state index in [1.54, 1.807) is 0 Å². The molecule has 2 amide bonds. The van der Waals surface area contributed by atoms with Gasteiger partial charge in [-0.2, -0.15) is 0 Å². The molecule has 0 saturated carbocycles. The summed E-state index contributed by atoms with van der Waals surface area (Å²) in [6.45, 7) is 3.88. The molecule has 1 aliphatic rings. The third-order valence-corrected chi connectivity index (χ3v) is 3.85. The van der Waals surface area contributed by atoms with Crippen molar-refractivity contribution in [3.63, 3.8) is 0 Å². The normalized spacial score (nSPS) is 17.2. The highest BCUT2D eigenvalue weighted by molar-refractivity contribution is 7.80. The first kappa shape index (κ1) is 16.8. The number of rotatable bonds is 7. The molecule has 20 heavy (non-hydrogen) atoms. The average molecular weight is 301 g/mol. The van der Waals surface area contributed by atoms with Crippen LogP contribution in [0.4, 0.5) is 0 Å². The summed E-state index contributed by atoms with van der Waals surface area (Å²) in [4.78, 5) is 23.9. The van der Waals surface area contributed by atoms with Gasteiger partial charge in [-0.25, -0.2) is 0 Å². The molecule has 114 valence electrons. The fraction of sp³-hybridized carbons (Fsp3) is 0.769. The van der Waals surface area contributed by atoms with Crippen molar-refractivity contribution in [2.45, 2.75) is 32.6 Å². The van der Waals surface area contributed by atoms with E-state index in [1.165, 1.54) is 0 Å². The minimum atomic E-state index is -0.826. The molecule has 0 aromatic rings. The van der Waals surface area contributed by atoms with Gasteiger partial charge in [-0.15, -0.1) is 0 Å². The summed E-state index contributed by atoms with van der Waals surface area (Å²) in [6.07, 6.45) is 2.14. The van der Waals surface area contributed by atoms with Crippen LogP contribution in [0.2, 0.25) is 0 Å². The predicted molar refractivity (Wildman–Crippen MR) is 80.2 cm³/mol. The first-order chi connectivity index (χ1) is 9.53. The molecule has 1 heterocycles. The Balaban J connectivity index is 2.43. The monoisotopic (exact) mass is 301 g/mol. The van der Waals surface area contributed by atoms with E-state index in [2.05, 4.69) is 10.6 Å². The quantitative estimate of drug-likeness (QED) is 0.580. The van der Waals surface area contributed by atoms with Crippen LogP contribution in [-0.2, 0) is 14.3 Å². The Labute approximate surface area is 124 Å². The maximum atomic E-state index is 12.3. The van der Waals surface area contributed by atoms with Crippen molar-refractivity contribution in [2.24, 2.45) is 11.1 Å². The molecule has 0 radical (unpaired) electrons. The van der Waals surface area contributed by atoms with Gasteiger partial charge >= 0.3 is 0 Å². The summed E-state index contributed by atoms with van der Waals surface area (Å²) in [6, 6.07) is 0. The molecule has 1 saturated heterocycles. The largest absolute Gasteiger partial charge is 0.392 e. The van der Waals surface area contributed by atoms with Gasteiger partial charge in [0, 0.05) is 32.7 Å². The Morgan fingerprint density at radius 2 is 1.90 bits per heavy atom. The lowest BCUT2D eigenvalue weighted by Gasteiger charge is -2.34. The van der Waals surface area contributed by atoms with E-state index in [-0.39, 0.29) is 23.2 Å². The lowest BCUT2D eigenvalue weighted by Crippen LogP contribution is -2.52. The van der Waals surface area contributed by atoms with Crippen molar-refractivity contribution in [3.8, 4) is 0 Å². The van der Waals surface area contributed by atoms with Crippen LogP contribution in [0.1, 0.15) is 32.6 Å². The SMILES string of the molecule is CCCNC(=O)CCNC(=O)C1(C(N)=S)CCOCC1. The van der Waals surface area contributed by atoms with Crippen LogP contribution in [-0.4, -0.2) is 43.1 Å². The molecule has 7 heteroatoms. The summed E-state index contributed by atoms with van der Waals surface area (Å²) < 4.78 is 5.25. The number of thiocarbonyl (C=S) groups is 1. The molecule has 0 spiro atoms. The summed E-state index contributed by atoms with van der Waals surface area (Å²) in [5.74, 6) is -0.264. The summed E-state index contributed by atoms with van der Waals surface area (Å²) in [5.41, 5.74) is 4.91. The topological polar surface area (TPSA) is 93.5 Å². The molecule has 1 rings (SSSR count). The third-order valence-electron chi connectivity index (χ3n) is 3.46. The van der Waals surface area contributed by atoms with Crippen molar-refractivity contribution in [3.05, 3.63) is 0 Å². The van der Waals surface area contributed by atoms with Crippen molar-refractivity contribution in [1.82, 2.24) is 10.6 Å². The lowest BCUT2D eigenvalue weighted by atomic mass is 9.79. The minimum Gasteiger partial charge on any atom is -0.392 e. The maximum Gasteiger partial charge on any atom is 0.233 e.